The van der Waals surface area contributed by atoms with Gasteiger partial charge < -0.3 is 21.7 Å². The van der Waals surface area contributed by atoms with Crippen LogP contribution in [0.1, 0.15) is 46.0 Å². The Bertz CT molecular complexity index is 312. The minimum Gasteiger partial charge on any atom is -0.354 e. The van der Waals surface area contributed by atoms with Crippen LogP contribution in [0.5, 0.6) is 0 Å². The molecule has 6 heteroatoms. The second kappa shape index (κ2) is 7.33. The maximum absolute atomic E-state index is 12.3. The fraction of sp³-hybridized carbons (Fsp3) is 0.846. The van der Waals surface area contributed by atoms with Crippen molar-refractivity contribution in [1.82, 2.24) is 16.0 Å². The van der Waals surface area contributed by atoms with Gasteiger partial charge in [-0.05, 0) is 33.1 Å². The van der Waals surface area contributed by atoms with Gasteiger partial charge in [0.15, 0.2) is 0 Å². The van der Waals surface area contributed by atoms with E-state index >= 15 is 0 Å². The highest BCUT2D eigenvalue weighted by Gasteiger charge is 2.42. The van der Waals surface area contributed by atoms with Crippen molar-refractivity contribution in [3.8, 4) is 0 Å². The fourth-order valence-corrected chi connectivity index (χ4v) is 2.39. The van der Waals surface area contributed by atoms with Crippen LogP contribution < -0.4 is 21.7 Å². The van der Waals surface area contributed by atoms with E-state index in [1.54, 1.807) is 0 Å². The van der Waals surface area contributed by atoms with Crippen LogP contribution in [0.4, 0.5) is 4.79 Å². The van der Waals surface area contributed by atoms with E-state index in [4.69, 9.17) is 5.73 Å². The Balaban J connectivity index is 2.55. The van der Waals surface area contributed by atoms with Crippen molar-refractivity contribution in [1.29, 1.82) is 0 Å². The zero-order valence-corrected chi connectivity index (χ0v) is 11.9. The van der Waals surface area contributed by atoms with Gasteiger partial charge in [0.25, 0.3) is 0 Å². The average Bonchev–Trinajstić information content (AvgIpc) is 2.78. The molecule has 19 heavy (non-hydrogen) atoms. The molecule has 0 spiro atoms. The van der Waals surface area contributed by atoms with Crippen molar-refractivity contribution in [2.24, 2.45) is 5.73 Å². The normalized spacial score (nSPS) is 18.7. The molecule has 1 rings (SSSR count). The largest absolute Gasteiger partial charge is 0.354 e. The number of nitrogens with one attached hydrogen (secondary N) is 3. The number of hydrogen-bond acceptors (Lipinski definition) is 3. The highest BCUT2D eigenvalue weighted by atomic mass is 16.2. The SMILES string of the molecule is CCNC(=O)NC1(C(=O)NCCC(C)N)CCCC1. The topological polar surface area (TPSA) is 96.2 Å². The summed E-state index contributed by atoms with van der Waals surface area (Å²) < 4.78 is 0. The monoisotopic (exact) mass is 270 g/mol. The van der Waals surface area contributed by atoms with Gasteiger partial charge in [0.05, 0.1) is 0 Å². The third-order valence-corrected chi connectivity index (χ3v) is 3.47. The Labute approximate surface area is 114 Å². The molecular formula is C13H26N4O2. The molecular weight excluding hydrogens is 244 g/mol. The summed E-state index contributed by atoms with van der Waals surface area (Å²) in [5, 5.41) is 8.40. The van der Waals surface area contributed by atoms with E-state index in [-0.39, 0.29) is 18.0 Å². The van der Waals surface area contributed by atoms with Crippen LogP contribution in [0.2, 0.25) is 0 Å². The van der Waals surface area contributed by atoms with E-state index in [0.717, 1.165) is 19.3 Å². The van der Waals surface area contributed by atoms with Crippen molar-refractivity contribution in [2.75, 3.05) is 13.1 Å². The molecule has 0 aliphatic heterocycles. The number of carbonyl (C=O) groups is 2. The van der Waals surface area contributed by atoms with Gasteiger partial charge >= 0.3 is 6.03 Å². The van der Waals surface area contributed by atoms with Crippen molar-refractivity contribution < 1.29 is 9.59 Å². The molecule has 5 N–H and O–H groups in total. The number of carbonyl (C=O) groups excluding carboxylic acids is 2. The zero-order chi connectivity index (χ0) is 14.3. The lowest BCUT2D eigenvalue weighted by atomic mass is 9.96. The van der Waals surface area contributed by atoms with Crippen LogP contribution in [0.25, 0.3) is 0 Å². The van der Waals surface area contributed by atoms with Crippen LogP contribution in [-0.4, -0.2) is 36.6 Å². The molecule has 6 nitrogen and oxygen atoms in total. The summed E-state index contributed by atoms with van der Waals surface area (Å²) in [5.74, 6) is -0.0862. The smallest absolute Gasteiger partial charge is 0.315 e. The summed E-state index contributed by atoms with van der Waals surface area (Å²) in [6.45, 7) is 4.86. The Morgan fingerprint density at radius 2 is 1.89 bits per heavy atom. The molecule has 0 saturated heterocycles. The lowest BCUT2D eigenvalue weighted by molar-refractivity contribution is -0.127. The first kappa shape index (κ1) is 15.8. The van der Waals surface area contributed by atoms with E-state index in [1.165, 1.54) is 0 Å². The van der Waals surface area contributed by atoms with Crippen LogP contribution in [0.3, 0.4) is 0 Å². The molecule has 1 saturated carbocycles. The van der Waals surface area contributed by atoms with Gasteiger partial charge in [-0.1, -0.05) is 12.8 Å². The van der Waals surface area contributed by atoms with Crippen molar-refractivity contribution in [2.45, 2.75) is 57.5 Å². The van der Waals surface area contributed by atoms with Gasteiger partial charge in [0, 0.05) is 19.1 Å². The molecule has 1 aliphatic rings. The van der Waals surface area contributed by atoms with Crippen LogP contribution in [0, 0.1) is 0 Å². The first-order chi connectivity index (χ1) is 9.00. The number of rotatable bonds is 6. The van der Waals surface area contributed by atoms with E-state index in [1.807, 2.05) is 13.8 Å². The maximum atomic E-state index is 12.3. The molecule has 0 aromatic carbocycles. The maximum Gasteiger partial charge on any atom is 0.315 e. The molecule has 0 heterocycles. The summed E-state index contributed by atoms with van der Waals surface area (Å²) in [6, 6.07) is -0.206. The Hall–Kier alpha value is -1.30. The van der Waals surface area contributed by atoms with Crippen molar-refractivity contribution in [3.63, 3.8) is 0 Å². The molecule has 110 valence electrons. The summed E-state index contributed by atoms with van der Waals surface area (Å²) >= 11 is 0. The summed E-state index contributed by atoms with van der Waals surface area (Å²) in [5.41, 5.74) is 4.92. The van der Waals surface area contributed by atoms with Gasteiger partial charge in [-0.2, -0.15) is 0 Å². The van der Waals surface area contributed by atoms with E-state index in [0.29, 0.717) is 25.9 Å². The lowest BCUT2D eigenvalue weighted by Gasteiger charge is -2.29. The number of hydrogen-bond donors (Lipinski definition) is 4. The fourth-order valence-electron chi connectivity index (χ4n) is 2.39. The Morgan fingerprint density at radius 3 is 2.42 bits per heavy atom. The molecule has 1 fully saturated rings. The zero-order valence-electron chi connectivity index (χ0n) is 11.9. The third kappa shape index (κ3) is 4.70. The molecule has 1 unspecified atom stereocenters. The predicted octanol–water partition coefficient (Wildman–Crippen LogP) is 0.472. The number of urea groups is 1. The lowest BCUT2D eigenvalue weighted by Crippen LogP contribution is -2.59. The van der Waals surface area contributed by atoms with Gasteiger partial charge in [-0.3, -0.25) is 4.79 Å². The van der Waals surface area contributed by atoms with Gasteiger partial charge in [0.1, 0.15) is 5.54 Å². The van der Waals surface area contributed by atoms with E-state index in [2.05, 4.69) is 16.0 Å². The molecule has 1 aliphatic carbocycles. The first-order valence-electron chi connectivity index (χ1n) is 7.10. The highest BCUT2D eigenvalue weighted by Crippen LogP contribution is 2.29. The van der Waals surface area contributed by atoms with Crippen LogP contribution in [0.15, 0.2) is 0 Å². The highest BCUT2D eigenvalue weighted by molar-refractivity contribution is 5.91. The summed E-state index contributed by atoms with van der Waals surface area (Å²) in [6.07, 6.45) is 4.07. The predicted molar refractivity (Wildman–Crippen MR) is 74.7 cm³/mol. The Morgan fingerprint density at radius 1 is 1.26 bits per heavy atom. The minimum atomic E-state index is -0.739. The van der Waals surface area contributed by atoms with Crippen LogP contribution >= 0.6 is 0 Å². The minimum absolute atomic E-state index is 0.0659. The van der Waals surface area contributed by atoms with Gasteiger partial charge in [-0.15, -0.1) is 0 Å². The molecule has 0 aromatic rings. The molecule has 1 atom stereocenters. The third-order valence-electron chi connectivity index (χ3n) is 3.47. The van der Waals surface area contributed by atoms with E-state index in [9.17, 15) is 9.59 Å². The Kier molecular flexibility index (Phi) is 6.08. The second-order valence-electron chi connectivity index (χ2n) is 5.30. The van der Waals surface area contributed by atoms with Crippen molar-refractivity contribution >= 4 is 11.9 Å². The molecule has 0 bridgehead atoms. The molecule has 0 aromatic heterocycles. The summed E-state index contributed by atoms with van der Waals surface area (Å²) in [4.78, 5) is 24.0. The number of amides is 3. The van der Waals surface area contributed by atoms with E-state index < -0.39 is 5.54 Å². The average molecular weight is 270 g/mol. The quantitative estimate of drug-likeness (QED) is 0.565. The first-order valence-corrected chi connectivity index (χ1v) is 7.10. The second-order valence-corrected chi connectivity index (χ2v) is 5.30. The molecule has 3 amide bonds. The van der Waals surface area contributed by atoms with Gasteiger partial charge in [-0.25, -0.2) is 4.79 Å². The van der Waals surface area contributed by atoms with Crippen molar-refractivity contribution in [3.05, 3.63) is 0 Å². The van der Waals surface area contributed by atoms with Crippen LogP contribution in [-0.2, 0) is 4.79 Å². The molecule has 0 radical (unpaired) electrons. The van der Waals surface area contributed by atoms with Gasteiger partial charge in [0.2, 0.25) is 5.91 Å². The number of nitrogens with two attached hydrogens (primary N) is 1. The summed E-state index contributed by atoms with van der Waals surface area (Å²) in [7, 11) is 0. The standard InChI is InChI=1S/C13H26N4O2/c1-3-15-12(19)17-13(7-4-5-8-13)11(18)16-9-6-10(2)14/h10H,3-9,14H2,1-2H3,(H,16,18)(H2,15,17,19).